The van der Waals surface area contributed by atoms with E-state index in [0.717, 1.165) is 37.1 Å². The van der Waals surface area contributed by atoms with Crippen molar-refractivity contribution in [3.8, 4) is 17.1 Å². The van der Waals surface area contributed by atoms with Crippen LogP contribution >= 0.6 is 11.6 Å². The molecular weight excluding hydrogens is 390 g/mol. The summed E-state index contributed by atoms with van der Waals surface area (Å²) in [7, 11) is 0. The molecule has 1 aliphatic heterocycles. The van der Waals surface area contributed by atoms with Crippen LogP contribution in [0.1, 0.15) is 24.0 Å². The van der Waals surface area contributed by atoms with Gasteiger partial charge in [-0.05, 0) is 56.0 Å². The van der Waals surface area contributed by atoms with Crippen molar-refractivity contribution >= 4 is 28.5 Å². The van der Waals surface area contributed by atoms with Crippen molar-refractivity contribution in [1.29, 1.82) is 0 Å². The quantitative estimate of drug-likeness (QED) is 0.622. The first-order chi connectivity index (χ1) is 14.0. The average Bonchev–Trinajstić information content (AvgIpc) is 3.23. The van der Waals surface area contributed by atoms with E-state index in [1.54, 1.807) is 29.2 Å². The zero-order valence-electron chi connectivity index (χ0n) is 16.5. The second-order valence-corrected chi connectivity index (χ2v) is 7.81. The predicted octanol–water partition coefficient (Wildman–Crippen LogP) is 4.73. The highest BCUT2D eigenvalue weighted by Gasteiger charge is 2.23. The first-order valence-corrected chi connectivity index (χ1v) is 10.1. The van der Waals surface area contributed by atoms with E-state index >= 15 is 0 Å². The first kappa shape index (κ1) is 19.5. The van der Waals surface area contributed by atoms with E-state index in [9.17, 15) is 9.59 Å². The van der Waals surface area contributed by atoms with Gasteiger partial charge in [0.1, 0.15) is 5.58 Å². The zero-order valence-corrected chi connectivity index (χ0v) is 17.2. The topological polar surface area (TPSA) is 59.8 Å². The maximum absolute atomic E-state index is 13.3. The highest BCUT2D eigenvalue weighted by Crippen LogP contribution is 2.36. The van der Waals surface area contributed by atoms with Gasteiger partial charge < -0.3 is 14.1 Å². The number of benzene rings is 2. The first-order valence-electron chi connectivity index (χ1n) is 9.69. The number of halogens is 1. The summed E-state index contributed by atoms with van der Waals surface area (Å²) in [5, 5.41) is 0.873. The molecular formula is C23H22ClNO4. The molecule has 3 aromatic rings. The van der Waals surface area contributed by atoms with Crippen LogP contribution in [0.4, 0.5) is 0 Å². The van der Waals surface area contributed by atoms with Gasteiger partial charge in [0.15, 0.2) is 12.4 Å². The van der Waals surface area contributed by atoms with E-state index in [-0.39, 0.29) is 29.5 Å². The van der Waals surface area contributed by atoms with Crippen LogP contribution in [0.2, 0.25) is 5.02 Å². The predicted molar refractivity (Wildman–Crippen MR) is 114 cm³/mol. The third kappa shape index (κ3) is 3.75. The lowest BCUT2D eigenvalue weighted by molar-refractivity contribution is -0.132. The summed E-state index contributed by atoms with van der Waals surface area (Å²) < 4.78 is 11.9. The van der Waals surface area contributed by atoms with E-state index in [1.165, 1.54) is 0 Å². The van der Waals surface area contributed by atoms with Gasteiger partial charge in [-0.3, -0.25) is 9.59 Å². The normalized spacial score (nSPS) is 13.8. The molecule has 5 nitrogen and oxygen atoms in total. The maximum atomic E-state index is 13.3. The summed E-state index contributed by atoms with van der Waals surface area (Å²) in [4.78, 5) is 27.5. The van der Waals surface area contributed by atoms with Gasteiger partial charge in [0.05, 0.1) is 10.4 Å². The molecule has 0 saturated carbocycles. The molecule has 1 fully saturated rings. The molecule has 0 N–H and O–H groups in total. The molecule has 0 atom stereocenters. The third-order valence-corrected chi connectivity index (χ3v) is 5.53. The van der Waals surface area contributed by atoms with Gasteiger partial charge >= 0.3 is 0 Å². The van der Waals surface area contributed by atoms with Crippen molar-refractivity contribution in [2.45, 2.75) is 26.7 Å². The molecule has 0 unspecified atom stereocenters. The Balaban J connectivity index is 1.84. The lowest BCUT2D eigenvalue weighted by Gasteiger charge is -2.17. The fourth-order valence-electron chi connectivity index (χ4n) is 3.78. The second-order valence-electron chi connectivity index (χ2n) is 7.40. The van der Waals surface area contributed by atoms with E-state index in [4.69, 9.17) is 20.8 Å². The van der Waals surface area contributed by atoms with Gasteiger partial charge in [-0.1, -0.05) is 29.8 Å². The average molecular weight is 412 g/mol. The molecule has 0 bridgehead atoms. The zero-order chi connectivity index (χ0) is 20.5. The van der Waals surface area contributed by atoms with Gasteiger partial charge in [0, 0.05) is 18.7 Å². The number of fused-ring (bicyclic) bond motifs is 1. The summed E-state index contributed by atoms with van der Waals surface area (Å²) >= 11 is 6.37. The van der Waals surface area contributed by atoms with Crippen molar-refractivity contribution in [1.82, 2.24) is 4.90 Å². The minimum absolute atomic E-state index is 0.0168. The number of likely N-dealkylation sites (tertiary alicyclic amines) is 1. The Morgan fingerprint density at radius 2 is 1.90 bits per heavy atom. The Kier molecular flexibility index (Phi) is 5.33. The Morgan fingerprint density at radius 3 is 2.62 bits per heavy atom. The molecule has 0 spiro atoms. The highest BCUT2D eigenvalue weighted by atomic mass is 35.5. The van der Waals surface area contributed by atoms with Crippen molar-refractivity contribution in [3.05, 3.63) is 62.8 Å². The number of ether oxygens (including phenoxy) is 1. The third-order valence-electron chi connectivity index (χ3n) is 5.20. The molecule has 4 rings (SSSR count). The second kappa shape index (κ2) is 7.91. The SMILES string of the molecule is Cc1cc(C)c2oc(-c3ccccc3Cl)c(OCC(=O)N3CCCC3)c(=O)c2c1. The van der Waals surface area contributed by atoms with Crippen LogP contribution in [0, 0.1) is 13.8 Å². The molecule has 1 aliphatic rings. The molecule has 1 saturated heterocycles. The monoisotopic (exact) mass is 411 g/mol. The molecule has 1 amide bonds. The lowest BCUT2D eigenvalue weighted by Crippen LogP contribution is -2.32. The van der Waals surface area contributed by atoms with Crippen molar-refractivity contribution in [3.63, 3.8) is 0 Å². The molecule has 29 heavy (non-hydrogen) atoms. The number of carbonyl (C=O) groups is 1. The number of carbonyl (C=O) groups excluding carboxylic acids is 1. The van der Waals surface area contributed by atoms with E-state index in [2.05, 4.69) is 0 Å². The van der Waals surface area contributed by atoms with Crippen LogP contribution in [-0.2, 0) is 4.79 Å². The van der Waals surface area contributed by atoms with Crippen LogP contribution in [-0.4, -0.2) is 30.5 Å². The van der Waals surface area contributed by atoms with Crippen molar-refractivity contribution < 1.29 is 13.9 Å². The summed E-state index contributed by atoms with van der Waals surface area (Å²) in [5.74, 6) is 0.130. The molecule has 6 heteroatoms. The van der Waals surface area contributed by atoms with Crippen LogP contribution in [0.15, 0.2) is 45.6 Å². The minimum Gasteiger partial charge on any atom is -0.476 e. The minimum atomic E-state index is -0.304. The lowest BCUT2D eigenvalue weighted by atomic mass is 10.1. The summed E-state index contributed by atoms with van der Waals surface area (Å²) in [6.07, 6.45) is 1.99. The van der Waals surface area contributed by atoms with Gasteiger partial charge in [-0.25, -0.2) is 0 Å². The van der Waals surface area contributed by atoms with Gasteiger partial charge in [-0.2, -0.15) is 0 Å². The fourth-order valence-corrected chi connectivity index (χ4v) is 4.00. The smallest absolute Gasteiger partial charge is 0.260 e. The number of nitrogens with zero attached hydrogens (tertiary/aromatic N) is 1. The molecule has 0 radical (unpaired) electrons. The number of amides is 1. The van der Waals surface area contributed by atoms with E-state index in [0.29, 0.717) is 21.6 Å². The molecule has 2 aromatic carbocycles. The van der Waals surface area contributed by atoms with Gasteiger partial charge in [0.25, 0.3) is 5.91 Å². The van der Waals surface area contributed by atoms with Crippen LogP contribution in [0.5, 0.6) is 5.75 Å². The van der Waals surface area contributed by atoms with Gasteiger partial charge in [0.2, 0.25) is 11.2 Å². The molecule has 1 aromatic heterocycles. The number of rotatable bonds is 4. The summed E-state index contributed by atoms with van der Waals surface area (Å²) in [6.45, 7) is 5.06. The van der Waals surface area contributed by atoms with E-state index < -0.39 is 0 Å². The molecule has 0 aliphatic carbocycles. The maximum Gasteiger partial charge on any atom is 0.260 e. The van der Waals surface area contributed by atoms with E-state index in [1.807, 2.05) is 26.0 Å². The summed E-state index contributed by atoms with van der Waals surface area (Å²) in [5.41, 5.74) is 2.55. The van der Waals surface area contributed by atoms with Crippen LogP contribution in [0.25, 0.3) is 22.3 Å². The number of hydrogen-bond donors (Lipinski definition) is 0. The Morgan fingerprint density at radius 1 is 1.17 bits per heavy atom. The Labute approximate surface area is 173 Å². The molecule has 2 heterocycles. The van der Waals surface area contributed by atoms with Gasteiger partial charge in [-0.15, -0.1) is 0 Å². The van der Waals surface area contributed by atoms with Crippen LogP contribution in [0.3, 0.4) is 0 Å². The van der Waals surface area contributed by atoms with Crippen molar-refractivity contribution in [2.24, 2.45) is 0 Å². The Bertz CT molecular complexity index is 1150. The largest absolute Gasteiger partial charge is 0.476 e. The van der Waals surface area contributed by atoms with Crippen molar-refractivity contribution in [2.75, 3.05) is 19.7 Å². The molecule has 150 valence electrons. The Hall–Kier alpha value is -2.79. The summed E-state index contributed by atoms with van der Waals surface area (Å²) in [6, 6.07) is 10.8. The van der Waals surface area contributed by atoms with Crippen LogP contribution < -0.4 is 10.2 Å². The number of hydrogen-bond acceptors (Lipinski definition) is 4. The highest BCUT2D eigenvalue weighted by molar-refractivity contribution is 6.33. The fraction of sp³-hybridized carbons (Fsp3) is 0.304. The number of aryl methyl sites for hydroxylation is 2. The standard InChI is InChI=1S/C23H22ClNO4/c1-14-11-15(2)21-17(12-14)20(27)23(28-13-19(26)25-9-5-6-10-25)22(29-21)16-7-3-4-8-18(16)24/h3-4,7-8,11-12H,5-6,9-10,13H2,1-2H3.